The largest absolute Gasteiger partial charge is 0.493 e. The number of aromatic amines is 1. The SMILES string of the molecule is N#CC1=c2c(nc[nH]c2=O)=C(C2C=C(CO)[C@@H](O)[C@H]2O)C1=NCc1ccc(-c2ccccc2)c(OCCCCO)c1. The molecule has 3 atom stereocenters. The molecular formula is C31H30N4O6. The topological polar surface area (TPSA) is 172 Å². The number of nitrogens with one attached hydrogen (secondary N) is 1. The van der Waals surface area contributed by atoms with E-state index in [0.717, 1.165) is 16.7 Å². The predicted octanol–water partition coefficient (Wildman–Crippen LogP) is 0.338. The van der Waals surface area contributed by atoms with Gasteiger partial charge in [0.2, 0.25) is 0 Å². The van der Waals surface area contributed by atoms with Gasteiger partial charge in [0.15, 0.2) is 0 Å². The van der Waals surface area contributed by atoms with Gasteiger partial charge in [-0.05, 0) is 35.6 Å². The number of rotatable bonds is 10. The molecule has 2 aromatic carbocycles. The normalized spacial score (nSPS) is 20.7. The van der Waals surface area contributed by atoms with Crippen molar-refractivity contribution in [2.45, 2.75) is 31.6 Å². The van der Waals surface area contributed by atoms with Crippen LogP contribution in [0, 0.1) is 17.2 Å². The van der Waals surface area contributed by atoms with E-state index in [1.54, 1.807) is 6.08 Å². The smallest absolute Gasteiger partial charge is 0.260 e. The molecule has 0 saturated heterocycles. The van der Waals surface area contributed by atoms with Crippen LogP contribution in [0.15, 0.2) is 76.3 Å². The zero-order valence-corrected chi connectivity index (χ0v) is 22.2. The third kappa shape index (κ3) is 5.49. The van der Waals surface area contributed by atoms with E-state index in [2.05, 4.69) is 16.0 Å². The first-order valence-electron chi connectivity index (χ1n) is 13.4. The lowest BCUT2D eigenvalue weighted by molar-refractivity contribution is 0.0368. The molecule has 0 fully saturated rings. The highest BCUT2D eigenvalue weighted by Gasteiger charge is 2.41. The van der Waals surface area contributed by atoms with Gasteiger partial charge in [-0.25, -0.2) is 4.98 Å². The molecule has 10 heteroatoms. The van der Waals surface area contributed by atoms with Gasteiger partial charge in [-0.15, -0.1) is 0 Å². The second kappa shape index (κ2) is 12.4. The van der Waals surface area contributed by atoms with Crippen molar-refractivity contribution in [2.75, 3.05) is 19.8 Å². The summed E-state index contributed by atoms with van der Waals surface area (Å²) in [7, 11) is 0. The Hall–Kier alpha value is -4.40. The van der Waals surface area contributed by atoms with E-state index in [1.807, 2.05) is 48.5 Å². The minimum atomic E-state index is -1.31. The van der Waals surface area contributed by atoms with E-state index < -0.39 is 30.3 Å². The van der Waals surface area contributed by atoms with E-state index in [0.29, 0.717) is 30.8 Å². The maximum atomic E-state index is 12.8. The average molecular weight is 555 g/mol. The van der Waals surface area contributed by atoms with Gasteiger partial charge in [0.1, 0.15) is 17.9 Å². The van der Waals surface area contributed by atoms with Crippen LogP contribution in [0.3, 0.4) is 0 Å². The van der Waals surface area contributed by atoms with Gasteiger partial charge in [0.25, 0.3) is 5.56 Å². The van der Waals surface area contributed by atoms with E-state index in [9.17, 15) is 25.4 Å². The lowest BCUT2D eigenvalue weighted by atomic mass is 9.91. The number of H-pyrrole nitrogens is 1. The Labute approximate surface area is 235 Å². The van der Waals surface area contributed by atoms with Crippen LogP contribution in [0.25, 0.3) is 22.3 Å². The molecule has 2 aliphatic rings. The molecule has 5 N–H and O–H groups in total. The molecule has 3 aromatic rings. The van der Waals surface area contributed by atoms with Crippen LogP contribution in [0.4, 0.5) is 0 Å². The summed E-state index contributed by atoms with van der Waals surface area (Å²) in [5, 5.41) is 50.4. The molecule has 0 aliphatic heterocycles. The fourth-order valence-corrected chi connectivity index (χ4v) is 5.24. The van der Waals surface area contributed by atoms with Crippen molar-refractivity contribution < 1.29 is 25.2 Å². The summed E-state index contributed by atoms with van der Waals surface area (Å²) in [5.41, 5.74) is 2.96. The van der Waals surface area contributed by atoms with Crippen molar-refractivity contribution in [1.29, 1.82) is 5.26 Å². The van der Waals surface area contributed by atoms with Gasteiger partial charge in [0, 0.05) is 23.7 Å². The zero-order valence-electron chi connectivity index (χ0n) is 22.2. The van der Waals surface area contributed by atoms with Crippen molar-refractivity contribution in [1.82, 2.24) is 9.97 Å². The molecule has 1 unspecified atom stereocenters. The minimum Gasteiger partial charge on any atom is -0.493 e. The van der Waals surface area contributed by atoms with Crippen LogP contribution >= 0.6 is 0 Å². The van der Waals surface area contributed by atoms with Gasteiger partial charge >= 0.3 is 0 Å². The molecule has 0 bridgehead atoms. The summed E-state index contributed by atoms with van der Waals surface area (Å²) in [6.07, 6.45) is 1.46. The molecule has 2 aliphatic carbocycles. The van der Waals surface area contributed by atoms with Gasteiger partial charge in [-0.1, -0.05) is 48.5 Å². The number of aliphatic hydroxyl groups is 4. The van der Waals surface area contributed by atoms with Gasteiger partial charge in [-0.3, -0.25) is 9.79 Å². The lowest BCUT2D eigenvalue weighted by Gasteiger charge is -2.19. The van der Waals surface area contributed by atoms with Gasteiger partial charge in [0.05, 0.1) is 54.0 Å². The first-order chi connectivity index (χ1) is 20.0. The lowest BCUT2D eigenvalue weighted by Crippen LogP contribution is -2.43. The molecule has 5 rings (SSSR count). The number of ether oxygens (including phenoxy) is 1. The van der Waals surface area contributed by atoms with E-state index in [-0.39, 0.29) is 40.6 Å². The molecule has 1 heterocycles. The summed E-state index contributed by atoms with van der Waals surface area (Å²) >= 11 is 0. The summed E-state index contributed by atoms with van der Waals surface area (Å²) < 4.78 is 6.10. The third-order valence-corrected chi connectivity index (χ3v) is 7.30. The summed E-state index contributed by atoms with van der Waals surface area (Å²) in [5.74, 6) is -0.186. The Morgan fingerprint density at radius 1 is 1.10 bits per heavy atom. The van der Waals surface area contributed by atoms with Gasteiger partial charge < -0.3 is 30.1 Å². The van der Waals surface area contributed by atoms with Crippen LogP contribution in [0.5, 0.6) is 5.75 Å². The highest BCUT2D eigenvalue weighted by molar-refractivity contribution is 6.43. The second-order valence-corrected chi connectivity index (χ2v) is 9.86. The molecule has 0 radical (unpaired) electrons. The van der Waals surface area contributed by atoms with Crippen molar-refractivity contribution in [3.8, 4) is 22.9 Å². The molecule has 41 heavy (non-hydrogen) atoms. The monoisotopic (exact) mass is 554 g/mol. The van der Waals surface area contributed by atoms with Crippen molar-refractivity contribution in [2.24, 2.45) is 10.9 Å². The molecule has 0 saturated carbocycles. The maximum absolute atomic E-state index is 12.8. The minimum absolute atomic E-state index is 0.0262. The predicted molar refractivity (Wildman–Crippen MR) is 152 cm³/mol. The van der Waals surface area contributed by atoms with Crippen LogP contribution in [0.2, 0.25) is 0 Å². The van der Waals surface area contributed by atoms with Crippen LogP contribution in [0.1, 0.15) is 18.4 Å². The highest BCUT2D eigenvalue weighted by atomic mass is 16.5. The summed E-state index contributed by atoms with van der Waals surface area (Å²) in [4.78, 5) is 24.3. The number of benzene rings is 2. The molecule has 0 amide bonds. The number of hydrogen-bond acceptors (Lipinski definition) is 9. The maximum Gasteiger partial charge on any atom is 0.260 e. The fourth-order valence-electron chi connectivity index (χ4n) is 5.24. The van der Waals surface area contributed by atoms with E-state index >= 15 is 0 Å². The Balaban J connectivity index is 1.57. The average Bonchev–Trinajstić information content (AvgIpc) is 3.47. The third-order valence-electron chi connectivity index (χ3n) is 7.30. The van der Waals surface area contributed by atoms with Crippen molar-refractivity contribution >= 4 is 16.9 Å². The first kappa shape index (κ1) is 28.1. The summed E-state index contributed by atoms with van der Waals surface area (Å²) in [6.45, 7) is 0.187. The standard InChI is InChI=1S/C31H30N4O6/c32-14-23-26-28(34-17-35-31(26)40)25(22-13-20(16-37)29(38)30(22)39)27(23)33-15-18-8-9-21(19-6-2-1-3-7-19)24(12-18)41-11-5-4-10-36/h1-3,6-9,12-13,17,22,29-30,36-39H,4-5,10-11,15-16H2,(H,34,35,40)/t22?,29-,30+/m1/s1. The Morgan fingerprint density at radius 2 is 1.90 bits per heavy atom. The molecule has 0 spiro atoms. The van der Waals surface area contributed by atoms with E-state index in [4.69, 9.17) is 14.8 Å². The second-order valence-electron chi connectivity index (χ2n) is 9.86. The number of hydrogen-bond donors (Lipinski definition) is 5. The number of unbranched alkanes of at least 4 members (excludes halogenated alkanes) is 1. The first-order valence-corrected chi connectivity index (χ1v) is 13.4. The fraction of sp³-hybridized carbons (Fsp3) is 0.290. The molecule has 210 valence electrons. The number of aromatic nitrogens is 2. The number of nitrogens with zero attached hydrogens (tertiary/aromatic N) is 3. The quantitative estimate of drug-likeness (QED) is 0.176. The Kier molecular flexibility index (Phi) is 8.52. The molecule has 10 nitrogen and oxygen atoms in total. The number of nitriles is 1. The molecular weight excluding hydrogens is 524 g/mol. The van der Waals surface area contributed by atoms with Crippen LogP contribution in [-0.4, -0.2) is 68.1 Å². The molecule has 1 aromatic heterocycles. The number of aliphatic hydroxyl groups excluding tert-OH is 4. The van der Waals surface area contributed by atoms with Crippen LogP contribution in [-0.2, 0) is 6.54 Å². The zero-order chi connectivity index (χ0) is 28.9. The van der Waals surface area contributed by atoms with E-state index in [1.165, 1.54) is 6.33 Å². The highest BCUT2D eigenvalue weighted by Crippen LogP contribution is 2.35. The van der Waals surface area contributed by atoms with Crippen molar-refractivity contribution in [3.05, 3.63) is 93.0 Å². The van der Waals surface area contributed by atoms with Crippen molar-refractivity contribution in [3.63, 3.8) is 0 Å². The van der Waals surface area contributed by atoms with Crippen LogP contribution < -0.4 is 20.9 Å². The summed E-state index contributed by atoms with van der Waals surface area (Å²) in [6, 6.07) is 17.6. The number of aliphatic imine (C=N–C) groups is 1. The Morgan fingerprint density at radius 3 is 2.61 bits per heavy atom. The Bertz CT molecular complexity index is 1720. The van der Waals surface area contributed by atoms with Gasteiger partial charge in [-0.2, -0.15) is 5.26 Å². The number of fused-ring (bicyclic) bond motifs is 1.